The molecule has 0 amide bonds. The van der Waals surface area contributed by atoms with Gasteiger partial charge < -0.3 is 5.73 Å². The van der Waals surface area contributed by atoms with E-state index >= 15 is 0 Å². The maximum atomic E-state index is 6.03. The second kappa shape index (κ2) is 7.90. The van der Waals surface area contributed by atoms with Crippen molar-refractivity contribution in [1.82, 2.24) is 9.88 Å². The SMILES string of the molecule is CCCC1CCC(CN)C(N(C)Cc2cccc(C)n2)C1. The summed E-state index contributed by atoms with van der Waals surface area (Å²) >= 11 is 0. The first-order valence-corrected chi connectivity index (χ1v) is 8.46. The number of hydrogen-bond acceptors (Lipinski definition) is 3. The van der Waals surface area contributed by atoms with Gasteiger partial charge in [-0.2, -0.15) is 0 Å². The Morgan fingerprint density at radius 3 is 2.81 bits per heavy atom. The van der Waals surface area contributed by atoms with Gasteiger partial charge in [0, 0.05) is 18.3 Å². The molecule has 1 aliphatic rings. The number of nitrogens with two attached hydrogens (primary N) is 1. The highest BCUT2D eigenvalue weighted by Gasteiger charge is 2.31. The number of pyridine rings is 1. The van der Waals surface area contributed by atoms with E-state index in [9.17, 15) is 0 Å². The molecule has 0 saturated heterocycles. The van der Waals surface area contributed by atoms with Crippen LogP contribution in [0.4, 0.5) is 0 Å². The third-order valence-electron chi connectivity index (χ3n) is 4.99. The smallest absolute Gasteiger partial charge is 0.0547 e. The molecule has 118 valence electrons. The summed E-state index contributed by atoms with van der Waals surface area (Å²) < 4.78 is 0. The number of nitrogens with zero attached hydrogens (tertiary/aromatic N) is 2. The van der Waals surface area contributed by atoms with Gasteiger partial charge in [0.15, 0.2) is 0 Å². The zero-order valence-electron chi connectivity index (χ0n) is 13.9. The van der Waals surface area contributed by atoms with Crippen molar-refractivity contribution in [2.75, 3.05) is 13.6 Å². The minimum absolute atomic E-state index is 0.614. The third-order valence-corrected chi connectivity index (χ3v) is 4.99. The fourth-order valence-corrected chi connectivity index (χ4v) is 3.84. The van der Waals surface area contributed by atoms with Crippen molar-refractivity contribution in [2.45, 2.75) is 58.5 Å². The lowest BCUT2D eigenvalue weighted by atomic mass is 9.76. The van der Waals surface area contributed by atoms with Crippen LogP contribution >= 0.6 is 0 Å². The first kappa shape index (κ1) is 16.4. The first-order valence-electron chi connectivity index (χ1n) is 8.46. The van der Waals surface area contributed by atoms with Gasteiger partial charge in [0.2, 0.25) is 0 Å². The molecule has 1 fully saturated rings. The lowest BCUT2D eigenvalue weighted by molar-refractivity contribution is 0.0937. The van der Waals surface area contributed by atoms with Crippen molar-refractivity contribution in [3.05, 3.63) is 29.6 Å². The Labute approximate surface area is 129 Å². The van der Waals surface area contributed by atoms with Crippen LogP contribution in [0.5, 0.6) is 0 Å². The fraction of sp³-hybridized carbons (Fsp3) is 0.722. The third kappa shape index (κ3) is 4.52. The molecule has 21 heavy (non-hydrogen) atoms. The molecule has 2 N–H and O–H groups in total. The lowest BCUT2D eigenvalue weighted by Crippen LogP contribution is -2.44. The van der Waals surface area contributed by atoms with Crippen LogP contribution in [0.25, 0.3) is 0 Å². The van der Waals surface area contributed by atoms with Gasteiger partial charge in [0.1, 0.15) is 0 Å². The Hall–Kier alpha value is -0.930. The van der Waals surface area contributed by atoms with Gasteiger partial charge in [-0.15, -0.1) is 0 Å². The van der Waals surface area contributed by atoms with Gasteiger partial charge in [0.25, 0.3) is 0 Å². The second-order valence-corrected chi connectivity index (χ2v) is 6.72. The predicted octanol–water partition coefficient (Wildman–Crippen LogP) is 3.37. The number of aromatic nitrogens is 1. The average molecular weight is 289 g/mol. The molecule has 0 spiro atoms. The van der Waals surface area contributed by atoms with E-state index in [1.165, 1.54) is 37.8 Å². The summed E-state index contributed by atoms with van der Waals surface area (Å²) in [5.74, 6) is 1.53. The van der Waals surface area contributed by atoms with Crippen molar-refractivity contribution < 1.29 is 0 Å². The summed E-state index contributed by atoms with van der Waals surface area (Å²) in [5.41, 5.74) is 8.30. The van der Waals surface area contributed by atoms with Crippen LogP contribution in [0, 0.1) is 18.8 Å². The standard InChI is InChI=1S/C18H31N3/c1-4-6-15-9-10-16(12-19)18(11-15)21(3)13-17-8-5-7-14(2)20-17/h5,7-8,15-16,18H,4,6,9-13,19H2,1-3H3. The van der Waals surface area contributed by atoms with E-state index in [0.29, 0.717) is 12.0 Å². The molecular weight excluding hydrogens is 258 g/mol. The van der Waals surface area contributed by atoms with Crippen molar-refractivity contribution in [3.63, 3.8) is 0 Å². The summed E-state index contributed by atoms with van der Waals surface area (Å²) in [5, 5.41) is 0. The van der Waals surface area contributed by atoms with E-state index in [4.69, 9.17) is 5.73 Å². The van der Waals surface area contributed by atoms with Gasteiger partial charge in [0.05, 0.1) is 5.69 Å². The Morgan fingerprint density at radius 1 is 1.33 bits per heavy atom. The summed E-state index contributed by atoms with van der Waals surface area (Å²) in [6, 6.07) is 6.91. The van der Waals surface area contributed by atoms with E-state index in [0.717, 1.165) is 24.7 Å². The maximum Gasteiger partial charge on any atom is 0.0547 e. The minimum Gasteiger partial charge on any atom is -0.330 e. The number of hydrogen-bond donors (Lipinski definition) is 1. The van der Waals surface area contributed by atoms with Gasteiger partial charge >= 0.3 is 0 Å². The van der Waals surface area contributed by atoms with Crippen molar-refractivity contribution in [1.29, 1.82) is 0 Å². The number of aryl methyl sites for hydroxylation is 1. The lowest BCUT2D eigenvalue weighted by Gasteiger charge is -2.41. The zero-order chi connectivity index (χ0) is 15.2. The van der Waals surface area contributed by atoms with Crippen LogP contribution in [0.15, 0.2) is 18.2 Å². The summed E-state index contributed by atoms with van der Waals surface area (Å²) in [6.07, 6.45) is 6.62. The van der Waals surface area contributed by atoms with Gasteiger partial charge in [-0.1, -0.05) is 32.3 Å². The Kier molecular flexibility index (Phi) is 6.19. The summed E-state index contributed by atoms with van der Waals surface area (Å²) in [4.78, 5) is 7.13. The predicted molar refractivity (Wildman–Crippen MR) is 89.0 cm³/mol. The van der Waals surface area contributed by atoms with Gasteiger partial charge in [-0.25, -0.2) is 0 Å². The molecule has 0 aromatic carbocycles. The van der Waals surface area contributed by atoms with E-state index in [2.05, 4.69) is 49.0 Å². The van der Waals surface area contributed by atoms with Crippen molar-refractivity contribution in [2.24, 2.45) is 17.6 Å². The van der Waals surface area contributed by atoms with Crippen LogP contribution in [0.1, 0.15) is 50.4 Å². The zero-order valence-corrected chi connectivity index (χ0v) is 13.9. The Bertz CT molecular complexity index is 432. The molecule has 0 bridgehead atoms. The first-order chi connectivity index (χ1) is 10.1. The van der Waals surface area contributed by atoms with Gasteiger partial charge in [-0.05, 0) is 57.3 Å². The summed E-state index contributed by atoms with van der Waals surface area (Å²) in [7, 11) is 2.24. The highest BCUT2D eigenvalue weighted by Crippen LogP contribution is 2.34. The van der Waals surface area contributed by atoms with Crippen LogP contribution in [0.3, 0.4) is 0 Å². The maximum absolute atomic E-state index is 6.03. The molecule has 0 radical (unpaired) electrons. The fourth-order valence-electron chi connectivity index (χ4n) is 3.84. The van der Waals surface area contributed by atoms with E-state index in [-0.39, 0.29) is 0 Å². The van der Waals surface area contributed by atoms with Crippen LogP contribution in [-0.4, -0.2) is 29.5 Å². The monoisotopic (exact) mass is 289 g/mol. The average Bonchev–Trinajstić information content (AvgIpc) is 2.47. The molecule has 1 aromatic rings. The molecule has 1 aliphatic carbocycles. The van der Waals surface area contributed by atoms with Crippen LogP contribution in [0.2, 0.25) is 0 Å². The molecule has 3 unspecified atom stereocenters. The topological polar surface area (TPSA) is 42.1 Å². The molecule has 1 aromatic heterocycles. The largest absolute Gasteiger partial charge is 0.330 e. The van der Waals surface area contributed by atoms with Crippen LogP contribution < -0.4 is 5.73 Å². The van der Waals surface area contributed by atoms with Gasteiger partial charge in [-0.3, -0.25) is 9.88 Å². The minimum atomic E-state index is 0.614. The molecule has 3 atom stereocenters. The number of rotatable bonds is 6. The van der Waals surface area contributed by atoms with E-state index in [1.54, 1.807) is 0 Å². The van der Waals surface area contributed by atoms with E-state index < -0.39 is 0 Å². The van der Waals surface area contributed by atoms with Crippen LogP contribution in [-0.2, 0) is 6.54 Å². The molecule has 1 heterocycles. The van der Waals surface area contributed by atoms with Crippen molar-refractivity contribution in [3.8, 4) is 0 Å². The summed E-state index contributed by atoms with van der Waals surface area (Å²) in [6.45, 7) is 6.10. The second-order valence-electron chi connectivity index (χ2n) is 6.72. The van der Waals surface area contributed by atoms with E-state index in [1.807, 2.05) is 0 Å². The van der Waals surface area contributed by atoms with Crippen molar-refractivity contribution >= 4 is 0 Å². The quantitative estimate of drug-likeness (QED) is 0.873. The molecular formula is C18H31N3. The molecule has 3 nitrogen and oxygen atoms in total. The molecule has 1 saturated carbocycles. The molecule has 0 aliphatic heterocycles. The molecule has 3 heteroatoms. The highest BCUT2D eigenvalue weighted by atomic mass is 15.1. The highest BCUT2D eigenvalue weighted by molar-refractivity contribution is 5.10. The molecule has 2 rings (SSSR count). The Morgan fingerprint density at radius 2 is 2.14 bits per heavy atom. The normalized spacial score (nSPS) is 26.2. The Balaban J connectivity index is 2.01.